The number of carbonyl (C=O) groups excluding carboxylic acids is 2. The highest BCUT2D eigenvalue weighted by Gasteiger charge is 2.41. The zero-order chi connectivity index (χ0) is 23.8. The van der Waals surface area contributed by atoms with E-state index in [1.807, 2.05) is 51.9 Å². The van der Waals surface area contributed by atoms with Gasteiger partial charge in [-0.2, -0.15) is 0 Å². The number of methoxy groups -OCH3 is 1. The van der Waals surface area contributed by atoms with Gasteiger partial charge < -0.3 is 24.5 Å². The predicted molar refractivity (Wildman–Crippen MR) is 122 cm³/mol. The molecule has 3 aromatic rings. The van der Waals surface area contributed by atoms with E-state index in [9.17, 15) is 9.59 Å². The van der Waals surface area contributed by atoms with E-state index in [1.165, 1.54) is 12.7 Å². The molecule has 9 nitrogen and oxygen atoms in total. The topological polar surface area (TPSA) is 113 Å². The van der Waals surface area contributed by atoms with E-state index in [-0.39, 0.29) is 17.8 Å². The van der Waals surface area contributed by atoms with Crippen LogP contribution in [0.2, 0.25) is 0 Å². The fraction of sp³-hybridized carbons (Fsp3) is 0.333. The lowest BCUT2D eigenvalue weighted by Crippen LogP contribution is -2.52. The van der Waals surface area contributed by atoms with E-state index < -0.39 is 12.1 Å². The molecule has 3 heterocycles. The van der Waals surface area contributed by atoms with Crippen LogP contribution in [0.1, 0.15) is 31.0 Å². The summed E-state index contributed by atoms with van der Waals surface area (Å²) in [7, 11) is 1.29. The smallest absolute Gasteiger partial charge is 0.407 e. The van der Waals surface area contributed by atoms with Crippen molar-refractivity contribution in [3.8, 4) is 0 Å². The van der Waals surface area contributed by atoms with Crippen LogP contribution in [0.15, 0.2) is 60.9 Å². The second-order valence-electron chi connectivity index (χ2n) is 7.83. The number of pyridine rings is 1. The molecule has 1 aliphatic heterocycles. The van der Waals surface area contributed by atoms with Gasteiger partial charge in [0.25, 0.3) is 6.47 Å². The van der Waals surface area contributed by atoms with E-state index in [2.05, 4.69) is 28.4 Å². The summed E-state index contributed by atoms with van der Waals surface area (Å²) in [6.45, 7) is 2.62. The molecule has 9 heteroatoms. The molecule has 1 aliphatic rings. The Morgan fingerprint density at radius 1 is 1.15 bits per heavy atom. The summed E-state index contributed by atoms with van der Waals surface area (Å²) in [6, 6.07) is 15.7. The van der Waals surface area contributed by atoms with Gasteiger partial charge >= 0.3 is 6.09 Å². The van der Waals surface area contributed by atoms with Crippen LogP contribution in [0, 0.1) is 0 Å². The molecule has 2 aromatic heterocycles. The number of nitrogens with one attached hydrogen (secondary N) is 1. The van der Waals surface area contributed by atoms with Gasteiger partial charge in [-0.15, -0.1) is 0 Å². The Balaban J connectivity index is 0.000000968. The Kier molecular flexibility index (Phi) is 7.66. The second-order valence-corrected chi connectivity index (χ2v) is 7.83. The van der Waals surface area contributed by atoms with Gasteiger partial charge in [-0.1, -0.05) is 36.4 Å². The fourth-order valence-corrected chi connectivity index (χ4v) is 4.30. The predicted octanol–water partition coefficient (Wildman–Crippen LogP) is 2.69. The van der Waals surface area contributed by atoms with Crippen molar-refractivity contribution in [3.63, 3.8) is 0 Å². The molecular formula is C24H28N4O5. The third-order valence-corrected chi connectivity index (χ3v) is 6.00. The van der Waals surface area contributed by atoms with E-state index >= 15 is 0 Å². The summed E-state index contributed by atoms with van der Waals surface area (Å²) < 4.78 is 6.65. The van der Waals surface area contributed by atoms with E-state index in [0.29, 0.717) is 13.1 Å². The Labute approximate surface area is 192 Å². The summed E-state index contributed by atoms with van der Waals surface area (Å²) in [4.78, 5) is 39.4. The zero-order valence-electron chi connectivity index (χ0n) is 18.7. The van der Waals surface area contributed by atoms with Gasteiger partial charge in [0.1, 0.15) is 11.7 Å². The van der Waals surface area contributed by atoms with E-state index in [4.69, 9.17) is 14.9 Å². The Morgan fingerprint density at radius 3 is 2.39 bits per heavy atom. The summed E-state index contributed by atoms with van der Waals surface area (Å²) >= 11 is 0. The van der Waals surface area contributed by atoms with Gasteiger partial charge in [0.2, 0.25) is 5.91 Å². The Hall–Kier alpha value is -3.88. The van der Waals surface area contributed by atoms with Crippen molar-refractivity contribution in [2.24, 2.45) is 0 Å². The van der Waals surface area contributed by atoms with Gasteiger partial charge in [0, 0.05) is 30.9 Å². The number of carbonyl (C=O) groups is 3. The highest BCUT2D eigenvalue weighted by molar-refractivity contribution is 5.85. The number of imidazole rings is 1. The molecule has 0 aliphatic carbocycles. The average Bonchev–Trinajstić information content (AvgIpc) is 3.29. The first-order valence-electron chi connectivity index (χ1n) is 10.7. The first-order valence-corrected chi connectivity index (χ1v) is 10.7. The number of hydrogen-bond donors (Lipinski definition) is 2. The van der Waals surface area contributed by atoms with Gasteiger partial charge in [0.05, 0.1) is 12.8 Å². The van der Waals surface area contributed by atoms with Crippen LogP contribution in [-0.4, -0.2) is 64.1 Å². The lowest BCUT2D eigenvalue weighted by molar-refractivity contribution is -0.134. The van der Waals surface area contributed by atoms with E-state index in [1.54, 1.807) is 6.92 Å². The number of ether oxygens (including phenoxy) is 1. The van der Waals surface area contributed by atoms with Crippen LogP contribution in [0.25, 0.3) is 5.65 Å². The molecule has 0 saturated carbocycles. The van der Waals surface area contributed by atoms with Crippen LogP contribution in [0.5, 0.6) is 0 Å². The minimum absolute atomic E-state index is 0.0999. The highest BCUT2D eigenvalue weighted by Crippen LogP contribution is 2.41. The third kappa shape index (κ3) is 5.14. The maximum atomic E-state index is 12.8. The minimum atomic E-state index is -0.628. The molecule has 33 heavy (non-hydrogen) atoms. The van der Waals surface area contributed by atoms with Crippen LogP contribution < -0.4 is 5.32 Å². The number of hydrogen-bond acceptors (Lipinski definition) is 5. The van der Waals surface area contributed by atoms with Crippen molar-refractivity contribution in [2.75, 3.05) is 20.2 Å². The maximum absolute atomic E-state index is 12.8. The molecule has 2 N–H and O–H groups in total. The van der Waals surface area contributed by atoms with Crippen molar-refractivity contribution >= 4 is 24.1 Å². The van der Waals surface area contributed by atoms with Crippen molar-refractivity contribution in [3.05, 3.63) is 72.2 Å². The van der Waals surface area contributed by atoms with Gasteiger partial charge in [-0.3, -0.25) is 9.59 Å². The molecule has 174 valence electrons. The zero-order valence-corrected chi connectivity index (χ0v) is 18.7. The Bertz CT molecular complexity index is 1060. The number of benzene rings is 1. The maximum Gasteiger partial charge on any atom is 0.407 e. The van der Waals surface area contributed by atoms with Crippen molar-refractivity contribution in [1.29, 1.82) is 0 Å². The first-order chi connectivity index (χ1) is 15.9. The van der Waals surface area contributed by atoms with E-state index in [0.717, 1.165) is 24.2 Å². The van der Waals surface area contributed by atoms with Gasteiger partial charge in [-0.05, 0) is 37.5 Å². The van der Waals surface area contributed by atoms with Crippen LogP contribution in [0.3, 0.4) is 0 Å². The molecule has 1 atom stereocenters. The average molecular weight is 453 g/mol. The molecule has 1 unspecified atom stereocenters. The van der Waals surface area contributed by atoms with Crippen molar-refractivity contribution < 1.29 is 24.2 Å². The van der Waals surface area contributed by atoms with Crippen molar-refractivity contribution in [2.45, 2.75) is 31.2 Å². The largest absolute Gasteiger partial charge is 0.483 e. The number of nitrogens with zero attached hydrogens (tertiary/aromatic N) is 3. The number of fused-ring (bicyclic) bond motifs is 1. The molecular weight excluding hydrogens is 424 g/mol. The van der Waals surface area contributed by atoms with Gasteiger partial charge in [0.15, 0.2) is 0 Å². The quantitative estimate of drug-likeness (QED) is 0.589. The normalized spacial score (nSPS) is 15.6. The second kappa shape index (κ2) is 10.6. The molecule has 0 radical (unpaired) electrons. The SMILES string of the molecule is COC(=O)NC(C)C(=O)N1CCC(c2ccccc2)(c2cn3ccccc3n2)CC1.O=CO. The molecule has 1 aromatic carbocycles. The third-order valence-electron chi connectivity index (χ3n) is 6.00. The molecule has 4 rings (SSSR count). The number of piperidine rings is 1. The molecule has 1 fully saturated rings. The lowest BCUT2D eigenvalue weighted by atomic mass is 9.70. The van der Waals surface area contributed by atoms with Crippen molar-refractivity contribution in [1.82, 2.24) is 19.6 Å². The molecule has 0 bridgehead atoms. The number of aromatic nitrogens is 2. The van der Waals surface area contributed by atoms with Gasteiger partial charge in [-0.25, -0.2) is 9.78 Å². The molecule has 1 saturated heterocycles. The number of alkyl carbamates (subject to hydrolysis) is 1. The Morgan fingerprint density at radius 2 is 1.79 bits per heavy atom. The van der Waals surface area contributed by atoms with Crippen LogP contribution >= 0.6 is 0 Å². The standard InChI is InChI=1S/C23H26N4O3.CH2O2/c1-17(24-22(29)30-2)21(28)26-14-11-23(12-15-26,18-8-4-3-5-9-18)19-16-27-13-7-6-10-20(27)25-19;2-1-3/h3-10,13,16-17H,11-12,14-15H2,1-2H3,(H,24,29);1H,(H,2,3). The summed E-state index contributed by atoms with van der Waals surface area (Å²) in [5.74, 6) is -0.0999. The number of carboxylic acid groups (broad SMARTS) is 1. The highest BCUT2D eigenvalue weighted by atomic mass is 16.5. The van der Waals surface area contributed by atoms with Crippen LogP contribution in [0.4, 0.5) is 4.79 Å². The molecule has 2 amide bonds. The number of likely N-dealkylation sites (tertiary alicyclic amines) is 1. The summed E-state index contributed by atoms with van der Waals surface area (Å²) in [6.07, 6.45) is 5.02. The lowest BCUT2D eigenvalue weighted by Gasteiger charge is -2.42. The summed E-state index contributed by atoms with van der Waals surface area (Å²) in [5.41, 5.74) is 2.88. The summed E-state index contributed by atoms with van der Waals surface area (Å²) in [5, 5.41) is 9.45. The minimum Gasteiger partial charge on any atom is -0.483 e. The monoisotopic (exact) mass is 452 g/mol. The number of rotatable bonds is 4. The molecule has 0 spiro atoms. The first kappa shape index (κ1) is 23.8. The fourth-order valence-electron chi connectivity index (χ4n) is 4.30. The van der Waals surface area contributed by atoms with Crippen LogP contribution in [-0.2, 0) is 19.7 Å². The number of amides is 2.